The molecule has 3 N–H and O–H groups in total. The highest BCUT2D eigenvalue weighted by molar-refractivity contribution is 5.98. The van der Waals surface area contributed by atoms with Crippen LogP contribution in [0.15, 0.2) is 36.8 Å². The van der Waals surface area contributed by atoms with Gasteiger partial charge in [-0.1, -0.05) is 18.2 Å². The minimum atomic E-state index is -0.546. The quantitative estimate of drug-likeness (QED) is 0.649. The van der Waals surface area contributed by atoms with E-state index in [4.69, 9.17) is 0 Å². The van der Waals surface area contributed by atoms with Crippen molar-refractivity contribution < 1.29 is 9.59 Å². The van der Waals surface area contributed by atoms with Crippen LogP contribution >= 0.6 is 0 Å². The van der Waals surface area contributed by atoms with Crippen LogP contribution in [-0.2, 0) is 29.0 Å². The summed E-state index contributed by atoms with van der Waals surface area (Å²) in [4.78, 5) is 37.6. The number of fused-ring (bicyclic) bond motifs is 4. The Morgan fingerprint density at radius 3 is 2.96 bits per heavy atom. The second kappa shape index (κ2) is 5.20. The standard InChI is InChI=1S/C18H17N5O2/c24-17-16-6-12-11-3-1-2-4-13(11)21-15(12)8-23(16)18(25)14(22-17)5-10-7-19-9-20-10/h1-4,7,9,14,16,21H,5-6,8H2,(H,19,20)(H,22,24)/t14-,16-/m0/s1. The Balaban J connectivity index is 1.49. The molecule has 2 atom stereocenters. The van der Waals surface area contributed by atoms with E-state index in [0.717, 1.165) is 27.9 Å². The molecule has 0 radical (unpaired) electrons. The van der Waals surface area contributed by atoms with Gasteiger partial charge in [-0.15, -0.1) is 0 Å². The lowest BCUT2D eigenvalue weighted by atomic mass is 9.92. The highest BCUT2D eigenvalue weighted by Crippen LogP contribution is 2.32. The molecule has 0 aliphatic carbocycles. The van der Waals surface area contributed by atoms with Gasteiger partial charge in [0.25, 0.3) is 0 Å². The van der Waals surface area contributed by atoms with Crippen LogP contribution in [0.2, 0.25) is 0 Å². The number of imidazole rings is 1. The van der Waals surface area contributed by atoms with Crippen LogP contribution in [0.25, 0.3) is 10.9 Å². The van der Waals surface area contributed by atoms with Crippen molar-refractivity contribution in [3.05, 3.63) is 53.7 Å². The molecule has 0 bridgehead atoms. The van der Waals surface area contributed by atoms with E-state index < -0.39 is 12.1 Å². The van der Waals surface area contributed by atoms with Crippen molar-refractivity contribution in [1.82, 2.24) is 25.2 Å². The van der Waals surface area contributed by atoms with Gasteiger partial charge in [0, 0.05) is 41.3 Å². The minimum absolute atomic E-state index is 0.0384. The van der Waals surface area contributed by atoms with Crippen LogP contribution in [0.1, 0.15) is 17.0 Å². The van der Waals surface area contributed by atoms with E-state index in [1.165, 1.54) is 0 Å². The molecule has 7 nitrogen and oxygen atoms in total. The molecule has 1 fully saturated rings. The van der Waals surface area contributed by atoms with Gasteiger partial charge in [-0.25, -0.2) is 4.98 Å². The predicted octanol–water partition coefficient (Wildman–Crippen LogP) is 0.885. The first-order chi connectivity index (χ1) is 12.2. The first-order valence-electron chi connectivity index (χ1n) is 8.37. The van der Waals surface area contributed by atoms with E-state index in [9.17, 15) is 9.59 Å². The third-order valence-corrected chi connectivity index (χ3v) is 5.18. The fraction of sp³-hybridized carbons (Fsp3) is 0.278. The Morgan fingerprint density at radius 1 is 1.24 bits per heavy atom. The summed E-state index contributed by atoms with van der Waals surface area (Å²) in [6, 6.07) is 7.08. The van der Waals surface area contributed by atoms with Crippen molar-refractivity contribution in [2.45, 2.75) is 31.5 Å². The van der Waals surface area contributed by atoms with Gasteiger partial charge >= 0.3 is 0 Å². The molecule has 25 heavy (non-hydrogen) atoms. The zero-order valence-corrected chi connectivity index (χ0v) is 13.5. The summed E-state index contributed by atoms with van der Waals surface area (Å²) in [7, 11) is 0. The van der Waals surface area contributed by atoms with Gasteiger partial charge in [-0.3, -0.25) is 9.59 Å². The maximum absolute atomic E-state index is 12.9. The van der Waals surface area contributed by atoms with E-state index in [1.807, 2.05) is 18.2 Å². The number of piperazine rings is 1. The molecule has 2 aliphatic rings. The number of amides is 2. The molecule has 7 heteroatoms. The lowest BCUT2D eigenvalue weighted by Gasteiger charge is -2.41. The van der Waals surface area contributed by atoms with Crippen LogP contribution in [0, 0.1) is 0 Å². The number of H-pyrrole nitrogens is 2. The molecule has 4 heterocycles. The molecule has 1 saturated heterocycles. The number of hydrogen-bond donors (Lipinski definition) is 3. The summed E-state index contributed by atoms with van der Waals surface area (Å²) >= 11 is 0. The molecule has 2 aromatic heterocycles. The smallest absolute Gasteiger partial charge is 0.246 e. The summed E-state index contributed by atoms with van der Waals surface area (Å²) in [5.41, 5.74) is 4.06. The minimum Gasteiger partial charge on any atom is -0.357 e. The number of rotatable bonds is 2. The summed E-state index contributed by atoms with van der Waals surface area (Å²) < 4.78 is 0. The molecule has 0 spiro atoms. The average molecular weight is 335 g/mol. The Bertz CT molecular complexity index is 975. The number of benzene rings is 1. The van der Waals surface area contributed by atoms with Gasteiger partial charge in [-0.2, -0.15) is 0 Å². The molecule has 1 aromatic carbocycles. The van der Waals surface area contributed by atoms with Crippen LogP contribution < -0.4 is 5.32 Å². The van der Waals surface area contributed by atoms with E-state index in [2.05, 4.69) is 26.3 Å². The summed E-state index contributed by atoms with van der Waals surface area (Å²) in [5.74, 6) is -0.122. The summed E-state index contributed by atoms with van der Waals surface area (Å²) in [6.07, 6.45) is 4.23. The van der Waals surface area contributed by atoms with Gasteiger partial charge in [-0.05, 0) is 11.6 Å². The highest BCUT2D eigenvalue weighted by Gasteiger charge is 2.43. The zero-order chi connectivity index (χ0) is 17.0. The maximum atomic E-state index is 12.9. The van der Waals surface area contributed by atoms with Crippen LogP contribution in [0.5, 0.6) is 0 Å². The number of nitrogens with zero attached hydrogens (tertiary/aromatic N) is 2. The first-order valence-corrected chi connectivity index (χ1v) is 8.37. The molecule has 3 aromatic rings. The third-order valence-electron chi connectivity index (χ3n) is 5.18. The molecule has 5 rings (SSSR count). The molecular formula is C18H17N5O2. The second-order valence-electron chi connectivity index (χ2n) is 6.66. The number of aromatic nitrogens is 3. The van der Waals surface area contributed by atoms with E-state index in [-0.39, 0.29) is 11.8 Å². The lowest BCUT2D eigenvalue weighted by molar-refractivity contribution is -0.150. The Morgan fingerprint density at radius 2 is 2.12 bits per heavy atom. The molecular weight excluding hydrogens is 318 g/mol. The number of para-hydroxylation sites is 1. The van der Waals surface area contributed by atoms with Crippen molar-refractivity contribution in [1.29, 1.82) is 0 Å². The highest BCUT2D eigenvalue weighted by atomic mass is 16.2. The molecule has 0 saturated carbocycles. The number of hydrogen-bond acceptors (Lipinski definition) is 3. The fourth-order valence-electron chi connectivity index (χ4n) is 3.96. The van der Waals surface area contributed by atoms with Gasteiger partial charge in [0.2, 0.25) is 11.8 Å². The lowest BCUT2D eigenvalue weighted by Crippen LogP contribution is -2.65. The summed E-state index contributed by atoms with van der Waals surface area (Å²) in [5, 5.41) is 4.02. The summed E-state index contributed by atoms with van der Waals surface area (Å²) in [6.45, 7) is 0.445. The number of carbonyl (C=O) groups is 2. The van der Waals surface area contributed by atoms with Gasteiger partial charge in [0.1, 0.15) is 12.1 Å². The van der Waals surface area contributed by atoms with Crippen LogP contribution in [0.3, 0.4) is 0 Å². The molecule has 2 amide bonds. The number of carbonyl (C=O) groups excluding carboxylic acids is 2. The topological polar surface area (TPSA) is 93.9 Å². The largest absolute Gasteiger partial charge is 0.357 e. The van der Waals surface area contributed by atoms with E-state index in [0.29, 0.717) is 19.4 Å². The number of nitrogens with one attached hydrogen (secondary N) is 3. The van der Waals surface area contributed by atoms with Crippen LogP contribution in [0.4, 0.5) is 0 Å². The normalized spacial score (nSPS) is 22.6. The Hall–Kier alpha value is -3.09. The first kappa shape index (κ1) is 14.3. The molecule has 126 valence electrons. The average Bonchev–Trinajstić information content (AvgIpc) is 3.25. The maximum Gasteiger partial charge on any atom is 0.246 e. The van der Waals surface area contributed by atoms with Gasteiger partial charge in [0.05, 0.1) is 12.9 Å². The SMILES string of the molecule is O=C1N[C@@H](Cc2cnc[nH]2)C(=O)N2Cc3[nH]c4ccccc4c3C[C@@H]12. The number of aromatic amines is 2. The Labute approximate surface area is 143 Å². The molecule has 2 aliphatic heterocycles. The van der Waals surface area contributed by atoms with Crippen molar-refractivity contribution in [2.75, 3.05) is 0 Å². The fourth-order valence-corrected chi connectivity index (χ4v) is 3.96. The third kappa shape index (κ3) is 2.15. The van der Waals surface area contributed by atoms with Crippen molar-refractivity contribution in [2.24, 2.45) is 0 Å². The zero-order valence-electron chi connectivity index (χ0n) is 13.5. The molecule has 0 unspecified atom stereocenters. The van der Waals surface area contributed by atoms with Crippen molar-refractivity contribution in [3.8, 4) is 0 Å². The van der Waals surface area contributed by atoms with Gasteiger partial charge in [0.15, 0.2) is 0 Å². The Kier molecular flexibility index (Phi) is 2.97. The predicted molar refractivity (Wildman–Crippen MR) is 90.6 cm³/mol. The second-order valence-corrected chi connectivity index (χ2v) is 6.66. The van der Waals surface area contributed by atoms with E-state index >= 15 is 0 Å². The van der Waals surface area contributed by atoms with Gasteiger partial charge < -0.3 is 20.2 Å². The monoisotopic (exact) mass is 335 g/mol. The van der Waals surface area contributed by atoms with Crippen molar-refractivity contribution >= 4 is 22.7 Å². The van der Waals surface area contributed by atoms with E-state index in [1.54, 1.807) is 17.4 Å². The van der Waals surface area contributed by atoms with Crippen LogP contribution in [-0.4, -0.2) is 43.7 Å². The van der Waals surface area contributed by atoms with Crippen molar-refractivity contribution in [3.63, 3.8) is 0 Å².